The van der Waals surface area contributed by atoms with E-state index in [0.29, 0.717) is 40.0 Å². The molecule has 1 saturated heterocycles. The Hall–Kier alpha value is -4.05. The molecule has 0 aliphatic carbocycles. The van der Waals surface area contributed by atoms with Gasteiger partial charge in [-0.1, -0.05) is 12.1 Å². The van der Waals surface area contributed by atoms with Gasteiger partial charge in [-0.15, -0.1) is 0 Å². The average Bonchev–Trinajstić information content (AvgIpc) is 2.87. The standard InChI is InChI=1S/C25H30N6O4/c1-30-9-11-31(12-10-30)24(32)17-7-5-16(6-8-17)19-15-22(29-25(26)28-19)27-18-13-20(33-2)23(35-4)21(14-18)34-3/h5-8,13-15H,9-12H2,1-4H3,(H3,26,27,28,29). The maximum atomic E-state index is 12.8. The van der Waals surface area contributed by atoms with Gasteiger partial charge in [0.15, 0.2) is 11.5 Å². The highest BCUT2D eigenvalue weighted by Crippen LogP contribution is 2.40. The van der Waals surface area contributed by atoms with Crippen LogP contribution < -0.4 is 25.3 Å². The SMILES string of the molecule is COc1cc(Nc2cc(-c3ccc(C(=O)N4CCN(C)CC4)cc3)nc(N)n2)cc(OC)c1OC. The number of carbonyl (C=O) groups is 1. The van der Waals surface area contributed by atoms with Crippen molar-refractivity contribution in [2.45, 2.75) is 0 Å². The highest BCUT2D eigenvalue weighted by Gasteiger charge is 2.20. The molecule has 0 saturated carbocycles. The van der Waals surface area contributed by atoms with E-state index in [2.05, 4.69) is 27.2 Å². The van der Waals surface area contributed by atoms with E-state index in [9.17, 15) is 4.79 Å². The van der Waals surface area contributed by atoms with E-state index < -0.39 is 0 Å². The molecular formula is C25H30N6O4. The monoisotopic (exact) mass is 478 g/mol. The van der Waals surface area contributed by atoms with E-state index in [4.69, 9.17) is 19.9 Å². The molecule has 0 atom stereocenters. The van der Waals surface area contributed by atoms with Gasteiger partial charge in [-0.05, 0) is 19.2 Å². The first-order valence-electron chi connectivity index (χ1n) is 11.2. The summed E-state index contributed by atoms with van der Waals surface area (Å²) >= 11 is 0. The third kappa shape index (κ3) is 5.38. The molecule has 1 aromatic heterocycles. The number of likely N-dealkylation sites (N-methyl/N-ethyl adjacent to an activating group) is 1. The molecule has 1 aliphatic rings. The molecule has 2 heterocycles. The number of nitrogens with one attached hydrogen (secondary N) is 1. The van der Waals surface area contributed by atoms with Gasteiger partial charge in [-0.25, -0.2) is 4.98 Å². The number of hydrogen-bond donors (Lipinski definition) is 2. The number of methoxy groups -OCH3 is 3. The summed E-state index contributed by atoms with van der Waals surface area (Å²) < 4.78 is 16.2. The lowest BCUT2D eigenvalue weighted by atomic mass is 10.1. The number of hydrogen-bond acceptors (Lipinski definition) is 9. The van der Waals surface area contributed by atoms with Crippen molar-refractivity contribution in [1.29, 1.82) is 0 Å². The van der Waals surface area contributed by atoms with Gasteiger partial charge in [0.25, 0.3) is 5.91 Å². The third-order valence-electron chi connectivity index (χ3n) is 5.90. The molecule has 35 heavy (non-hydrogen) atoms. The fourth-order valence-corrected chi connectivity index (χ4v) is 3.95. The van der Waals surface area contributed by atoms with Gasteiger partial charge in [-0.3, -0.25) is 4.79 Å². The lowest BCUT2D eigenvalue weighted by molar-refractivity contribution is 0.0664. The summed E-state index contributed by atoms with van der Waals surface area (Å²) in [5.41, 5.74) is 8.78. The number of carbonyl (C=O) groups excluding carboxylic acids is 1. The van der Waals surface area contributed by atoms with Crippen molar-refractivity contribution in [2.75, 3.05) is 65.6 Å². The molecule has 184 valence electrons. The van der Waals surface area contributed by atoms with Crippen LogP contribution in [0.1, 0.15) is 10.4 Å². The van der Waals surface area contributed by atoms with E-state index in [1.54, 1.807) is 39.5 Å². The predicted octanol–water partition coefficient (Wildman–Crippen LogP) is 2.88. The van der Waals surface area contributed by atoms with Gasteiger partial charge < -0.3 is 35.1 Å². The van der Waals surface area contributed by atoms with Crippen LogP contribution in [0.25, 0.3) is 11.3 Å². The Morgan fingerprint density at radius 2 is 1.54 bits per heavy atom. The Balaban J connectivity index is 1.55. The second-order valence-corrected chi connectivity index (χ2v) is 8.21. The Bertz CT molecular complexity index is 1170. The van der Waals surface area contributed by atoms with E-state index in [1.165, 1.54) is 0 Å². The predicted molar refractivity (Wildman–Crippen MR) is 135 cm³/mol. The number of amides is 1. The largest absolute Gasteiger partial charge is 0.493 e. The Labute approximate surface area is 204 Å². The van der Waals surface area contributed by atoms with Crippen LogP contribution in [0, 0.1) is 0 Å². The van der Waals surface area contributed by atoms with Crippen molar-refractivity contribution in [3.8, 4) is 28.5 Å². The molecule has 3 aromatic rings. The number of benzene rings is 2. The van der Waals surface area contributed by atoms with Crippen LogP contribution in [0.2, 0.25) is 0 Å². The average molecular weight is 479 g/mol. The van der Waals surface area contributed by atoms with Gasteiger partial charge in [0, 0.05) is 61.2 Å². The van der Waals surface area contributed by atoms with E-state index in [-0.39, 0.29) is 11.9 Å². The number of ether oxygens (including phenoxy) is 3. The topological polar surface area (TPSA) is 115 Å². The zero-order valence-electron chi connectivity index (χ0n) is 20.4. The number of nitrogens with zero attached hydrogens (tertiary/aromatic N) is 4. The zero-order chi connectivity index (χ0) is 24.9. The first-order chi connectivity index (χ1) is 16.9. The van der Waals surface area contributed by atoms with Gasteiger partial charge in [0.2, 0.25) is 11.7 Å². The minimum Gasteiger partial charge on any atom is -0.493 e. The molecule has 4 rings (SSSR count). The van der Waals surface area contributed by atoms with Crippen molar-refractivity contribution in [2.24, 2.45) is 0 Å². The summed E-state index contributed by atoms with van der Waals surface area (Å²) in [6, 6.07) is 12.7. The number of rotatable bonds is 7. The summed E-state index contributed by atoms with van der Waals surface area (Å²) in [6.07, 6.45) is 0. The maximum Gasteiger partial charge on any atom is 0.253 e. The Kier molecular flexibility index (Phi) is 7.21. The number of nitrogen functional groups attached to an aromatic ring is 1. The van der Waals surface area contributed by atoms with Gasteiger partial charge in [-0.2, -0.15) is 4.98 Å². The molecular weight excluding hydrogens is 448 g/mol. The molecule has 0 bridgehead atoms. The number of nitrogens with two attached hydrogens (primary N) is 1. The van der Waals surface area contributed by atoms with Gasteiger partial charge in [0.1, 0.15) is 5.82 Å². The van der Waals surface area contributed by atoms with E-state index in [0.717, 1.165) is 31.7 Å². The van der Waals surface area contributed by atoms with Crippen LogP contribution >= 0.6 is 0 Å². The molecule has 0 spiro atoms. The summed E-state index contributed by atoms with van der Waals surface area (Å²) in [7, 11) is 6.73. The third-order valence-corrected chi connectivity index (χ3v) is 5.90. The first-order valence-corrected chi connectivity index (χ1v) is 11.2. The van der Waals surface area contributed by atoms with Gasteiger partial charge >= 0.3 is 0 Å². The number of aromatic nitrogens is 2. The van der Waals surface area contributed by atoms with Crippen molar-refractivity contribution >= 4 is 23.4 Å². The molecule has 1 aliphatic heterocycles. The normalized spacial score (nSPS) is 13.9. The lowest BCUT2D eigenvalue weighted by Gasteiger charge is -2.32. The lowest BCUT2D eigenvalue weighted by Crippen LogP contribution is -2.47. The van der Waals surface area contributed by atoms with Crippen LogP contribution in [-0.4, -0.2) is 80.2 Å². The molecule has 0 unspecified atom stereocenters. The number of anilines is 3. The fraction of sp³-hybridized carbons (Fsp3) is 0.320. The van der Waals surface area contributed by atoms with E-state index >= 15 is 0 Å². The van der Waals surface area contributed by atoms with Crippen molar-refractivity contribution in [3.63, 3.8) is 0 Å². The minimum absolute atomic E-state index is 0.0385. The molecule has 10 nitrogen and oxygen atoms in total. The second kappa shape index (κ2) is 10.5. The van der Waals surface area contributed by atoms with Crippen LogP contribution in [0.3, 0.4) is 0 Å². The summed E-state index contributed by atoms with van der Waals surface area (Å²) in [5.74, 6) is 2.18. The summed E-state index contributed by atoms with van der Waals surface area (Å²) in [6.45, 7) is 3.22. The highest BCUT2D eigenvalue weighted by molar-refractivity contribution is 5.94. The fourth-order valence-electron chi connectivity index (χ4n) is 3.95. The van der Waals surface area contributed by atoms with Crippen LogP contribution in [0.5, 0.6) is 17.2 Å². The van der Waals surface area contributed by atoms with Crippen LogP contribution in [-0.2, 0) is 0 Å². The number of piperazine rings is 1. The molecule has 3 N–H and O–H groups in total. The first kappa shape index (κ1) is 24.1. The minimum atomic E-state index is 0.0385. The molecule has 1 amide bonds. The smallest absolute Gasteiger partial charge is 0.253 e. The molecule has 2 aromatic carbocycles. The van der Waals surface area contributed by atoms with Crippen LogP contribution in [0.4, 0.5) is 17.5 Å². The quantitative estimate of drug-likeness (QED) is 0.529. The van der Waals surface area contributed by atoms with Crippen molar-refractivity contribution < 1.29 is 19.0 Å². The Morgan fingerprint density at radius 1 is 0.914 bits per heavy atom. The van der Waals surface area contributed by atoms with Gasteiger partial charge in [0.05, 0.1) is 27.0 Å². The summed E-state index contributed by atoms with van der Waals surface area (Å²) in [4.78, 5) is 25.6. The van der Waals surface area contributed by atoms with Crippen molar-refractivity contribution in [3.05, 3.63) is 48.0 Å². The zero-order valence-corrected chi connectivity index (χ0v) is 20.4. The second-order valence-electron chi connectivity index (χ2n) is 8.21. The van der Waals surface area contributed by atoms with E-state index in [1.807, 2.05) is 29.2 Å². The summed E-state index contributed by atoms with van der Waals surface area (Å²) in [5, 5.41) is 3.22. The molecule has 1 fully saturated rings. The van der Waals surface area contributed by atoms with Crippen LogP contribution in [0.15, 0.2) is 42.5 Å². The van der Waals surface area contributed by atoms with Crippen molar-refractivity contribution in [1.82, 2.24) is 19.8 Å². The molecule has 10 heteroatoms. The highest BCUT2D eigenvalue weighted by atomic mass is 16.5. The molecule has 0 radical (unpaired) electrons. The Morgan fingerprint density at radius 3 is 2.11 bits per heavy atom. The maximum absolute atomic E-state index is 12.8.